The number of hydrogen-bond donors (Lipinski definition) is 1. The molecule has 1 unspecified atom stereocenters. The van der Waals surface area contributed by atoms with E-state index in [9.17, 15) is 4.79 Å². The molecule has 140 valence electrons. The summed E-state index contributed by atoms with van der Waals surface area (Å²) in [5.41, 5.74) is 1.57. The summed E-state index contributed by atoms with van der Waals surface area (Å²) in [7, 11) is 1.85. The SMILES string of the molecule is CC(=O)N1CCOC(CNc2nc(-c3cccnc3)nc3c2cnn3C)C1. The van der Waals surface area contributed by atoms with Crippen molar-refractivity contribution in [2.75, 3.05) is 31.6 Å². The van der Waals surface area contributed by atoms with Crippen molar-refractivity contribution in [3.63, 3.8) is 0 Å². The van der Waals surface area contributed by atoms with E-state index in [1.165, 1.54) is 0 Å². The van der Waals surface area contributed by atoms with Gasteiger partial charge in [-0.2, -0.15) is 5.10 Å². The van der Waals surface area contributed by atoms with Gasteiger partial charge in [0.05, 0.1) is 24.3 Å². The Hall–Kier alpha value is -3.07. The molecule has 1 aliphatic heterocycles. The highest BCUT2D eigenvalue weighted by atomic mass is 16.5. The van der Waals surface area contributed by atoms with Gasteiger partial charge >= 0.3 is 0 Å². The minimum atomic E-state index is -0.0915. The second-order valence-corrected chi connectivity index (χ2v) is 6.48. The molecule has 1 saturated heterocycles. The smallest absolute Gasteiger partial charge is 0.219 e. The minimum absolute atomic E-state index is 0.0684. The first kappa shape index (κ1) is 17.3. The number of aromatic nitrogens is 5. The van der Waals surface area contributed by atoms with Crippen LogP contribution in [0.2, 0.25) is 0 Å². The van der Waals surface area contributed by atoms with Gasteiger partial charge in [-0.1, -0.05) is 0 Å². The van der Waals surface area contributed by atoms with Gasteiger partial charge < -0.3 is 15.0 Å². The first-order valence-corrected chi connectivity index (χ1v) is 8.83. The summed E-state index contributed by atoms with van der Waals surface area (Å²) in [5, 5.41) is 8.49. The zero-order valence-electron chi connectivity index (χ0n) is 15.3. The van der Waals surface area contributed by atoms with E-state index in [0.29, 0.717) is 37.9 Å². The number of hydrogen-bond acceptors (Lipinski definition) is 7. The highest BCUT2D eigenvalue weighted by molar-refractivity contribution is 5.88. The van der Waals surface area contributed by atoms with Crippen LogP contribution in [0.4, 0.5) is 5.82 Å². The van der Waals surface area contributed by atoms with Crippen LogP contribution in [-0.2, 0) is 16.6 Å². The Morgan fingerprint density at radius 3 is 3.04 bits per heavy atom. The lowest BCUT2D eigenvalue weighted by atomic mass is 10.2. The highest BCUT2D eigenvalue weighted by Gasteiger charge is 2.22. The fraction of sp³-hybridized carbons (Fsp3) is 0.389. The third-order valence-electron chi connectivity index (χ3n) is 4.59. The van der Waals surface area contributed by atoms with Gasteiger partial charge in [0.1, 0.15) is 5.82 Å². The predicted octanol–water partition coefficient (Wildman–Crippen LogP) is 1.08. The fourth-order valence-electron chi connectivity index (χ4n) is 3.12. The van der Waals surface area contributed by atoms with Crippen LogP contribution in [-0.4, -0.2) is 67.9 Å². The second-order valence-electron chi connectivity index (χ2n) is 6.48. The molecule has 3 aromatic heterocycles. The van der Waals surface area contributed by atoms with Gasteiger partial charge in [-0.05, 0) is 12.1 Å². The maximum atomic E-state index is 11.6. The lowest BCUT2D eigenvalue weighted by Gasteiger charge is -2.32. The van der Waals surface area contributed by atoms with E-state index in [4.69, 9.17) is 4.74 Å². The van der Waals surface area contributed by atoms with Gasteiger partial charge in [-0.25, -0.2) is 9.97 Å². The summed E-state index contributed by atoms with van der Waals surface area (Å²) < 4.78 is 7.50. The highest BCUT2D eigenvalue weighted by Crippen LogP contribution is 2.24. The number of fused-ring (bicyclic) bond motifs is 1. The molecule has 0 radical (unpaired) electrons. The zero-order valence-corrected chi connectivity index (χ0v) is 15.3. The maximum absolute atomic E-state index is 11.6. The summed E-state index contributed by atoms with van der Waals surface area (Å²) in [6, 6.07) is 3.77. The molecule has 0 aliphatic carbocycles. The molecular formula is C18H21N7O2. The molecule has 3 aromatic rings. The Morgan fingerprint density at radius 1 is 1.37 bits per heavy atom. The second kappa shape index (κ2) is 7.28. The number of nitrogens with zero attached hydrogens (tertiary/aromatic N) is 6. The Morgan fingerprint density at radius 2 is 2.26 bits per heavy atom. The standard InChI is InChI=1S/C18H21N7O2/c1-12(26)25-6-7-27-14(11-25)9-20-17-15-10-21-24(2)18(15)23-16(22-17)13-4-3-5-19-8-13/h3-5,8,10,14H,6-7,9,11H2,1-2H3,(H,20,22,23). The number of amides is 1. The average molecular weight is 367 g/mol. The molecule has 1 aliphatic rings. The first-order valence-electron chi connectivity index (χ1n) is 8.83. The number of carbonyl (C=O) groups is 1. The van der Waals surface area contributed by atoms with Crippen LogP contribution < -0.4 is 5.32 Å². The van der Waals surface area contributed by atoms with Gasteiger partial charge in [0.25, 0.3) is 0 Å². The normalized spacial score (nSPS) is 17.3. The van der Waals surface area contributed by atoms with E-state index in [1.54, 1.807) is 35.1 Å². The Bertz CT molecular complexity index is 957. The largest absolute Gasteiger partial charge is 0.373 e. The van der Waals surface area contributed by atoms with E-state index >= 15 is 0 Å². The van der Waals surface area contributed by atoms with Gasteiger partial charge in [0, 0.05) is 51.6 Å². The van der Waals surface area contributed by atoms with Crippen molar-refractivity contribution in [1.82, 2.24) is 29.6 Å². The molecule has 1 amide bonds. The number of pyridine rings is 1. The molecule has 4 rings (SSSR count). The van der Waals surface area contributed by atoms with Crippen molar-refractivity contribution in [3.05, 3.63) is 30.7 Å². The van der Waals surface area contributed by atoms with Crippen LogP contribution in [0.5, 0.6) is 0 Å². The Kier molecular flexibility index (Phi) is 4.68. The van der Waals surface area contributed by atoms with Gasteiger partial charge in [0.15, 0.2) is 11.5 Å². The molecule has 9 heteroatoms. The quantitative estimate of drug-likeness (QED) is 0.737. The van der Waals surface area contributed by atoms with Crippen molar-refractivity contribution < 1.29 is 9.53 Å². The molecule has 0 saturated carbocycles. The van der Waals surface area contributed by atoms with Crippen LogP contribution in [0.1, 0.15) is 6.92 Å². The third-order valence-corrected chi connectivity index (χ3v) is 4.59. The minimum Gasteiger partial charge on any atom is -0.373 e. The summed E-state index contributed by atoms with van der Waals surface area (Å²) in [6.07, 6.45) is 5.10. The zero-order chi connectivity index (χ0) is 18.8. The lowest BCUT2D eigenvalue weighted by molar-refractivity contribution is -0.135. The Labute approximate surface area is 156 Å². The number of nitrogens with one attached hydrogen (secondary N) is 1. The van der Waals surface area contributed by atoms with Gasteiger partial charge in [-0.3, -0.25) is 14.5 Å². The number of rotatable bonds is 4. The molecule has 0 spiro atoms. The summed E-state index contributed by atoms with van der Waals surface area (Å²) >= 11 is 0. The van der Waals surface area contributed by atoms with Crippen LogP contribution in [0.3, 0.4) is 0 Å². The summed E-state index contributed by atoms with van der Waals surface area (Å²) in [5.74, 6) is 1.34. The Balaban J connectivity index is 1.60. The first-order chi connectivity index (χ1) is 13.1. The van der Waals surface area contributed by atoms with Crippen molar-refractivity contribution in [3.8, 4) is 11.4 Å². The summed E-state index contributed by atoms with van der Waals surface area (Å²) in [6.45, 7) is 3.87. The van der Waals surface area contributed by atoms with E-state index in [1.807, 2.05) is 19.2 Å². The van der Waals surface area contributed by atoms with Gasteiger partial charge in [0.2, 0.25) is 5.91 Å². The molecule has 1 atom stereocenters. The number of aryl methyl sites for hydroxylation is 1. The molecule has 1 N–H and O–H groups in total. The molecule has 4 heterocycles. The number of morpholine rings is 1. The van der Waals surface area contributed by atoms with E-state index < -0.39 is 0 Å². The molecule has 9 nitrogen and oxygen atoms in total. The molecule has 0 bridgehead atoms. The maximum Gasteiger partial charge on any atom is 0.219 e. The van der Waals surface area contributed by atoms with Gasteiger partial charge in [-0.15, -0.1) is 0 Å². The predicted molar refractivity (Wildman–Crippen MR) is 100 cm³/mol. The topological polar surface area (TPSA) is 98.1 Å². The lowest BCUT2D eigenvalue weighted by Crippen LogP contribution is -2.47. The van der Waals surface area contributed by atoms with Crippen LogP contribution in [0, 0.1) is 0 Å². The number of carbonyl (C=O) groups excluding carboxylic acids is 1. The van der Waals surface area contributed by atoms with E-state index in [0.717, 1.165) is 16.6 Å². The summed E-state index contributed by atoms with van der Waals surface area (Å²) in [4.78, 5) is 26.8. The van der Waals surface area contributed by atoms with E-state index in [2.05, 4.69) is 25.4 Å². The molecule has 0 aromatic carbocycles. The van der Waals surface area contributed by atoms with Crippen molar-refractivity contribution in [2.45, 2.75) is 13.0 Å². The van der Waals surface area contributed by atoms with Crippen LogP contribution >= 0.6 is 0 Å². The van der Waals surface area contributed by atoms with Crippen LogP contribution in [0.15, 0.2) is 30.7 Å². The van der Waals surface area contributed by atoms with Crippen molar-refractivity contribution in [1.29, 1.82) is 0 Å². The monoisotopic (exact) mass is 367 g/mol. The number of ether oxygens (including phenoxy) is 1. The fourth-order valence-corrected chi connectivity index (χ4v) is 3.12. The van der Waals surface area contributed by atoms with Crippen LogP contribution in [0.25, 0.3) is 22.4 Å². The van der Waals surface area contributed by atoms with Crippen molar-refractivity contribution >= 4 is 22.8 Å². The number of anilines is 1. The molecular weight excluding hydrogens is 346 g/mol. The molecule has 1 fully saturated rings. The van der Waals surface area contributed by atoms with Crippen molar-refractivity contribution in [2.24, 2.45) is 7.05 Å². The average Bonchev–Trinajstić information content (AvgIpc) is 3.08. The van der Waals surface area contributed by atoms with E-state index in [-0.39, 0.29) is 12.0 Å². The molecule has 27 heavy (non-hydrogen) atoms. The third kappa shape index (κ3) is 3.59.